The van der Waals surface area contributed by atoms with Crippen LogP contribution in [0.3, 0.4) is 0 Å². The van der Waals surface area contributed by atoms with E-state index in [4.69, 9.17) is 5.26 Å². The van der Waals surface area contributed by atoms with Crippen molar-refractivity contribution in [3.63, 3.8) is 0 Å². The number of carbonyl (C=O) groups excluding carboxylic acids is 1. The summed E-state index contributed by atoms with van der Waals surface area (Å²) in [5, 5.41) is 11.3. The number of amides is 1. The van der Waals surface area contributed by atoms with Crippen LogP contribution in [0.4, 0.5) is 5.82 Å². The highest BCUT2D eigenvalue weighted by Crippen LogP contribution is 2.10. The van der Waals surface area contributed by atoms with Crippen molar-refractivity contribution < 1.29 is 4.79 Å². The molecule has 0 saturated heterocycles. The summed E-state index contributed by atoms with van der Waals surface area (Å²) in [4.78, 5) is 17.0. The molecular weight excluding hydrogens is 204 g/mol. The van der Waals surface area contributed by atoms with Gasteiger partial charge in [-0.15, -0.1) is 0 Å². The summed E-state index contributed by atoms with van der Waals surface area (Å²) >= 11 is 0. The first-order valence-corrected chi connectivity index (χ1v) is 4.95. The number of nitrogens with one attached hydrogen (secondary N) is 1. The Hall–Kier alpha value is -2.09. The van der Waals surface area contributed by atoms with Gasteiger partial charge in [0.15, 0.2) is 0 Å². The zero-order chi connectivity index (χ0) is 12.0. The maximum absolute atomic E-state index is 11.1. The Bertz CT molecular complexity index is 411. The molecule has 1 aromatic rings. The van der Waals surface area contributed by atoms with Gasteiger partial charge in [-0.25, -0.2) is 4.98 Å². The number of nitrogens with zero attached hydrogens (tertiary/aromatic N) is 3. The summed E-state index contributed by atoms with van der Waals surface area (Å²) in [6, 6.07) is 5.40. The molecule has 1 rings (SSSR count). The maximum Gasteiger partial charge on any atom is 0.221 e. The van der Waals surface area contributed by atoms with Crippen LogP contribution in [0.5, 0.6) is 0 Å². The Morgan fingerprint density at radius 2 is 2.44 bits per heavy atom. The lowest BCUT2D eigenvalue weighted by Crippen LogP contribution is -2.26. The number of anilines is 1. The average Bonchev–Trinajstić information content (AvgIpc) is 2.35. The second kappa shape index (κ2) is 5.71. The summed E-state index contributed by atoms with van der Waals surface area (Å²) in [6.07, 6.45) is 2.00. The van der Waals surface area contributed by atoms with Gasteiger partial charge in [-0.2, -0.15) is 5.26 Å². The van der Waals surface area contributed by atoms with Gasteiger partial charge in [0.2, 0.25) is 5.91 Å². The van der Waals surface area contributed by atoms with E-state index in [1.165, 1.54) is 0 Å². The number of hydrogen-bond donors (Lipinski definition) is 1. The molecule has 84 valence electrons. The molecule has 0 atom stereocenters. The fraction of sp³-hybridized carbons (Fsp3) is 0.364. The second-order valence-electron chi connectivity index (χ2n) is 3.36. The lowest BCUT2D eigenvalue weighted by atomic mass is 10.3. The number of hydrogen-bond acceptors (Lipinski definition) is 4. The predicted octanol–water partition coefficient (Wildman–Crippen LogP) is 0.526. The van der Waals surface area contributed by atoms with Crippen molar-refractivity contribution in [3.8, 4) is 6.07 Å². The van der Waals surface area contributed by atoms with Crippen LogP contribution in [0.15, 0.2) is 18.3 Å². The molecular formula is C11H14N4O. The SMILES string of the molecule is CNC(=O)CCN(C)c1cc(C#N)ccn1. The van der Waals surface area contributed by atoms with Gasteiger partial charge in [-0.05, 0) is 12.1 Å². The van der Waals surface area contributed by atoms with Crippen molar-refractivity contribution in [1.29, 1.82) is 5.26 Å². The summed E-state index contributed by atoms with van der Waals surface area (Å²) in [7, 11) is 3.45. The molecule has 0 aliphatic rings. The van der Waals surface area contributed by atoms with Crippen molar-refractivity contribution in [3.05, 3.63) is 23.9 Å². The first-order valence-electron chi connectivity index (χ1n) is 4.95. The molecule has 0 spiro atoms. The van der Waals surface area contributed by atoms with Crippen LogP contribution >= 0.6 is 0 Å². The number of pyridine rings is 1. The second-order valence-corrected chi connectivity index (χ2v) is 3.36. The molecule has 0 unspecified atom stereocenters. The first kappa shape index (κ1) is 12.0. The summed E-state index contributed by atoms with van der Waals surface area (Å²) in [5.41, 5.74) is 0.566. The molecule has 16 heavy (non-hydrogen) atoms. The highest BCUT2D eigenvalue weighted by atomic mass is 16.1. The van der Waals surface area contributed by atoms with Crippen LogP contribution in [0.1, 0.15) is 12.0 Å². The van der Waals surface area contributed by atoms with E-state index in [-0.39, 0.29) is 5.91 Å². The Morgan fingerprint density at radius 3 is 3.06 bits per heavy atom. The Morgan fingerprint density at radius 1 is 1.69 bits per heavy atom. The number of rotatable bonds is 4. The van der Waals surface area contributed by atoms with Crippen LogP contribution < -0.4 is 10.2 Å². The van der Waals surface area contributed by atoms with E-state index >= 15 is 0 Å². The van der Waals surface area contributed by atoms with E-state index < -0.39 is 0 Å². The highest BCUT2D eigenvalue weighted by molar-refractivity contribution is 5.76. The molecule has 0 saturated carbocycles. The van der Waals surface area contributed by atoms with Gasteiger partial charge in [0.05, 0.1) is 11.6 Å². The van der Waals surface area contributed by atoms with Crippen LogP contribution in [0.25, 0.3) is 0 Å². The summed E-state index contributed by atoms with van der Waals surface area (Å²) < 4.78 is 0. The topological polar surface area (TPSA) is 69.0 Å². The molecule has 5 heteroatoms. The molecule has 0 aliphatic heterocycles. The third-order valence-electron chi connectivity index (χ3n) is 2.22. The van der Waals surface area contributed by atoms with Gasteiger partial charge in [0, 0.05) is 33.3 Å². The van der Waals surface area contributed by atoms with Gasteiger partial charge < -0.3 is 10.2 Å². The van der Waals surface area contributed by atoms with Crippen LogP contribution in [0, 0.1) is 11.3 Å². The quantitative estimate of drug-likeness (QED) is 0.800. The van der Waals surface area contributed by atoms with Gasteiger partial charge >= 0.3 is 0 Å². The largest absolute Gasteiger partial charge is 0.359 e. The average molecular weight is 218 g/mol. The third-order valence-corrected chi connectivity index (χ3v) is 2.22. The van der Waals surface area contributed by atoms with Gasteiger partial charge in [-0.3, -0.25) is 4.79 Å². The molecule has 0 radical (unpaired) electrons. The van der Waals surface area contributed by atoms with E-state index in [0.29, 0.717) is 24.3 Å². The van der Waals surface area contributed by atoms with Crippen molar-refractivity contribution in [1.82, 2.24) is 10.3 Å². The van der Waals surface area contributed by atoms with Crippen molar-refractivity contribution in [2.24, 2.45) is 0 Å². The fourth-order valence-electron chi connectivity index (χ4n) is 1.21. The third kappa shape index (κ3) is 3.24. The predicted molar refractivity (Wildman–Crippen MR) is 60.9 cm³/mol. The van der Waals surface area contributed by atoms with Crippen molar-refractivity contribution in [2.45, 2.75) is 6.42 Å². The van der Waals surface area contributed by atoms with Crippen LogP contribution in [-0.4, -0.2) is 31.5 Å². The van der Waals surface area contributed by atoms with Crippen molar-refractivity contribution in [2.75, 3.05) is 25.5 Å². The molecule has 0 aromatic carbocycles. The number of carbonyl (C=O) groups is 1. The standard InChI is InChI=1S/C11H14N4O/c1-13-11(16)4-6-15(2)10-7-9(8-12)3-5-14-10/h3,5,7H,4,6H2,1-2H3,(H,13,16). The van der Waals surface area contributed by atoms with E-state index in [1.54, 1.807) is 25.4 Å². The first-order chi connectivity index (χ1) is 7.67. The molecule has 5 nitrogen and oxygen atoms in total. The van der Waals surface area contributed by atoms with E-state index in [0.717, 1.165) is 0 Å². The van der Waals surface area contributed by atoms with Gasteiger partial charge in [0.25, 0.3) is 0 Å². The lowest BCUT2D eigenvalue weighted by molar-refractivity contribution is -0.120. The normalized spacial score (nSPS) is 9.31. The van der Waals surface area contributed by atoms with E-state index in [1.807, 2.05) is 11.9 Å². The summed E-state index contributed by atoms with van der Waals surface area (Å²) in [5.74, 6) is 0.686. The Labute approximate surface area is 94.7 Å². The minimum absolute atomic E-state index is 0.0108. The lowest BCUT2D eigenvalue weighted by Gasteiger charge is -2.17. The van der Waals surface area contributed by atoms with E-state index in [9.17, 15) is 4.79 Å². The Kier molecular flexibility index (Phi) is 4.28. The smallest absolute Gasteiger partial charge is 0.221 e. The molecule has 0 fully saturated rings. The van der Waals surface area contributed by atoms with Gasteiger partial charge in [-0.1, -0.05) is 0 Å². The minimum Gasteiger partial charge on any atom is -0.359 e. The molecule has 0 bridgehead atoms. The molecule has 1 N–H and O–H groups in total. The zero-order valence-electron chi connectivity index (χ0n) is 9.40. The minimum atomic E-state index is -0.0108. The highest BCUT2D eigenvalue weighted by Gasteiger charge is 2.05. The molecule has 0 aliphatic carbocycles. The number of aromatic nitrogens is 1. The van der Waals surface area contributed by atoms with Crippen LogP contribution in [-0.2, 0) is 4.79 Å². The van der Waals surface area contributed by atoms with Gasteiger partial charge in [0.1, 0.15) is 5.82 Å². The van der Waals surface area contributed by atoms with E-state index in [2.05, 4.69) is 16.4 Å². The van der Waals surface area contributed by atoms with Crippen molar-refractivity contribution >= 4 is 11.7 Å². The molecule has 1 heterocycles. The molecule has 1 amide bonds. The molecule has 1 aromatic heterocycles. The number of nitriles is 1. The summed E-state index contributed by atoms with van der Waals surface area (Å²) in [6.45, 7) is 0.571. The maximum atomic E-state index is 11.1. The zero-order valence-corrected chi connectivity index (χ0v) is 9.40. The fourth-order valence-corrected chi connectivity index (χ4v) is 1.21. The van der Waals surface area contributed by atoms with Crippen LogP contribution in [0.2, 0.25) is 0 Å². The monoisotopic (exact) mass is 218 g/mol. The Balaban J connectivity index is 2.62.